The standard InChI is InChI=1S/C20H19N7O/c21-18(22)10-4-5-13-15(8-10)26-19(24-13)11-2-1-3-12(17(11)28)20-25-14-6-7-23-9-16(14)27-20/h1-5,8,23,28H,6-7,9H2,(H3,21,22)(H,24,26)(H,25,27). The lowest BCUT2D eigenvalue weighted by molar-refractivity contribution is 0.478. The molecule has 0 saturated carbocycles. The second-order valence-corrected chi connectivity index (χ2v) is 6.87. The van der Waals surface area contributed by atoms with Crippen LogP contribution in [0.2, 0.25) is 0 Å². The van der Waals surface area contributed by atoms with Gasteiger partial charge in [-0.25, -0.2) is 9.97 Å². The maximum atomic E-state index is 10.9. The van der Waals surface area contributed by atoms with Gasteiger partial charge in [0.2, 0.25) is 0 Å². The van der Waals surface area contributed by atoms with Gasteiger partial charge in [-0.1, -0.05) is 6.07 Å². The second-order valence-electron chi connectivity index (χ2n) is 6.87. The highest BCUT2D eigenvalue weighted by Crippen LogP contribution is 2.37. The number of benzene rings is 2. The molecule has 0 radical (unpaired) electrons. The van der Waals surface area contributed by atoms with Gasteiger partial charge >= 0.3 is 0 Å². The average Bonchev–Trinajstić information content (AvgIpc) is 3.31. The van der Waals surface area contributed by atoms with Gasteiger partial charge in [0.1, 0.15) is 23.2 Å². The molecule has 0 unspecified atom stereocenters. The minimum Gasteiger partial charge on any atom is -0.506 e. The van der Waals surface area contributed by atoms with Crippen molar-refractivity contribution in [2.45, 2.75) is 13.0 Å². The van der Waals surface area contributed by atoms with Crippen LogP contribution < -0.4 is 11.1 Å². The zero-order valence-corrected chi connectivity index (χ0v) is 15.0. The summed E-state index contributed by atoms with van der Waals surface area (Å²) in [5.74, 6) is 1.32. The van der Waals surface area contributed by atoms with E-state index >= 15 is 0 Å². The van der Waals surface area contributed by atoms with E-state index in [-0.39, 0.29) is 11.6 Å². The molecule has 0 atom stereocenters. The number of H-pyrrole nitrogens is 2. The summed E-state index contributed by atoms with van der Waals surface area (Å²) in [7, 11) is 0. The predicted octanol–water partition coefficient (Wildman–Crippen LogP) is 2.26. The Morgan fingerprint density at radius 1 is 1.07 bits per heavy atom. The highest BCUT2D eigenvalue weighted by Gasteiger charge is 2.19. The molecule has 2 aromatic heterocycles. The van der Waals surface area contributed by atoms with E-state index in [0.717, 1.165) is 41.9 Å². The Bertz CT molecular complexity index is 1200. The van der Waals surface area contributed by atoms with Gasteiger partial charge in [-0.15, -0.1) is 0 Å². The van der Waals surface area contributed by atoms with Gasteiger partial charge in [-0.3, -0.25) is 5.41 Å². The minimum atomic E-state index is -0.000768. The van der Waals surface area contributed by atoms with E-state index in [1.54, 1.807) is 18.2 Å². The number of aromatic hydroxyl groups is 1. The van der Waals surface area contributed by atoms with Crippen molar-refractivity contribution in [2.75, 3.05) is 6.54 Å². The van der Waals surface area contributed by atoms with Crippen molar-refractivity contribution in [3.8, 4) is 28.5 Å². The summed E-state index contributed by atoms with van der Waals surface area (Å²) in [5.41, 5.74) is 11.0. The fourth-order valence-corrected chi connectivity index (χ4v) is 3.58. The summed E-state index contributed by atoms with van der Waals surface area (Å²) in [6, 6.07) is 10.9. The quantitative estimate of drug-likeness (QED) is 0.241. The van der Waals surface area contributed by atoms with Crippen molar-refractivity contribution < 1.29 is 5.11 Å². The molecule has 5 rings (SSSR count). The average molecular weight is 373 g/mol. The summed E-state index contributed by atoms with van der Waals surface area (Å²) < 4.78 is 0. The Kier molecular flexibility index (Phi) is 3.66. The van der Waals surface area contributed by atoms with Crippen LogP contribution in [-0.2, 0) is 13.0 Å². The van der Waals surface area contributed by atoms with E-state index in [1.807, 2.05) is 18.2 Å². The number of nitrogens with one attached hydrogen (secondary N) is 4. The number of rotatable bonds is 3. The molecule has 0 fully saturated rings. The van der Waals surface area contributed by atoms with Crippen LogP contribution in [0, 0.1) is 5.41 Å². The number of aromatic amines is 2. The number of phenols is 1. The number of hydrogen-bond donors (Lipinski definition) is 6. The van der Waals surface area contributed by atoms with Crippen LogP contribution in [0.4, 0.5) is 0 Å². The van der Waals surface area contributed by atoms with Crippen molar-refractivity contribution >= 4 is 16.9 Å². The molecule has 1 aliphatic heterocycles. The van der Waals surface area contributed by atoms with Crippen molar-refractivity contribution in [1.29, 1.82) is 5.41 Å². The molecule has 0 spiro atoms. The number of nitrogen functional groups attached to an aromatic ring is 1. The molecule has 1 aliphatic rings. The Morgan fingerprint density at radius 2 is 1.86 bits per heavy atom. The van der Waals surface area contributed by atoms with E-state index in [2.05, 4.69) is 25.3 Å². The topological polar surface area (TPSA) is 139 Å². The van der Waals surface area contributed by atoms with E-state index in [0.29, 0.717) is 28.3 Å². The fourth-order valence-electron chi connectivity index (χ4n) is 3.58. The first-order valence-corrected chi connectivity index (χ1v) is 9.05. The highest BCUT2D eigenvalue weighted by molar-refractivity contribution is 5.98. The molecule has 4 aromatic rings. The van der Waals surface area contributed by atoms with E-state index in [1.165, 1.54) is 0 Å². The smallest absolute Gasteiger partial charge is 0.142 e. The van der Waals surface area contributed by atoms with Gasteiger partial charge in [-0.05, 0) is 30.3 Å². The number of fused-ring (bicyclic) bond motifs is 2. The molecule has 0 amide bonds. The van der Waals surface area contributed by atoms with Crippen molar-refractivity contribution in [3.05, 3.63) is 53.3 Å². The van der Waals surface area contributed by atoms with Crippen molar-refractivity contribution in [3.63, 3.8) is 0 Å². The summed E-state index contributed by atoms with van der Waals surface area (Å²) >= 11 is 0. The Labute approximate surface area is 160 Å². The maximum absolute atomic E-state index is 10.9. The number of phenolic OH excluding ortho intramolecular Hbond substituents is 1. The number of nitrogens with two attached hydrogens (primary N) is 1. The second kappa shape index (κ2) is 6.21. The number of para-hydroxylation sites is 1. The molecule has 7 N–H and O–H groups in total. The Morgan fingerprint density at radius 3 is 2.61 bits per heavy atom. The minimum absolute atomic E-state index is 0.000768. The third-order valence-corrected chi connectivity index (χ3v) is 5.04. The van der Waals surface area contributed by atoms with Crippen LogP contribution in [0.25, 0.3) is 33.8 Å². The zero-order chi connectivity index (χ0) is 19.3. The number of aromatic nitrogens is 4. The SMILES string of the molecule is N=C(N)c1ccc2nc(-c3cccc(-c4nc5c([nH]4)CNCC5)c3O)[nH]c2c1. The van der Waals surface area contributed by atoms with Gasteiger partial charge in [0.15, 0.2) is 0 Å². The molecule has 0 aliphatic carbocycles. The van der Waals surface area contributed by atoms with Crippen molar-refractivity contribution in [2.24, 2.45) is 5.73 Å². The molecule has 8 nitrogen and oxygen atoms in total. The fraction of sp³-hybridized carbons (Fsp3) is 0.150. The first-order valence-electron chi connectivity index (χ1n) is 9.05. The number of amidine groups is 1. The van der Waals surface area contributed by atoms with Crippen molar-refractivity contribution in [1.82, 2.24) is 25.3 Å². The lowest BCUT2D eigenvalue weighted by atomic mass is 10.1. The molecule has 0 saturated heterocycles. The summed E-state index contributed by atoms with van der Waals surface area (Å²) in [6.07, 6.45) is 0.869. The Balaban J connectivity index is 1.59. The van der Waals surface area contributed by atoms with Gasteiger partial charge < -0.3 is 26.1 Å². The van der Waals surface area contributed by atoms with E-state index < -0.39 is 0 Å². The summed E-state index contributed by atoms with van der Waals surface area (Å²) in [6.45, 7) is 1.66. The van der Waals surface area contributed by atoms with Crippen LogP contribution in [0.3, 0.4) is 0 Å². The van der Waals surface area contributed by atoms with Crippen LogP contribution >= 0.6 is 0 Å². The van der Waals surface area contributed by atoms with E-state index in [9.17, 15) is 5.11 Å². The van der Waals surface area contributed by atoms with Crippen LogP contribution in [-0.4, -0.2) is 37.4 Å². The van der Waals surface area contributed by atoms with Crippen LogP contribution in [0.15, 0.2) is 36.4 Å². The molecular formula is C20H19N7O. The van der Waals surface area contributed by atoms with Gasteiger partial charge in [0.25, 0.3) is 0 Å². The summed E-state index contributed by atoms with van der Waals surface area (Å²) in [5, 5.41) is 21.8. The zero-order valence-electron chi connectivity index (χ0n) is 15.0. The normalized spacial score (nSPS) is 13.6. The summed E-state index contributed by atoms with van der Waals surface area (Å²) in [4.78, 5) is 15.8. The van der Waals surface area contributed by atoms with Gasteiger partial charge in [-0.2, -0.15) is 0 Å². The number of hydrogen-bond acceptors (Lipinski definition) is 5. The molecular weight excluding hydrogens is 354 g/mol. The van der Waals surface area contributed by atoms with Crippen LogP contribution in [0.5, 0.6) is 5.75 Å². The molecule has 0 bridgehead atoms. The molecule has 140 valence electrons. The highest BCUT2D eigenvalue weighted by atomic mass is 16.3. The van der Waals surface area contributed by atoms with Gasteiger partial charge in [0.05, 0.1) is 33.5 Å². The largest absolute Gasteiger partial charge is 0.506 e. The molecule has 8 heteroatoms. The van der Waals surface area contributed by atoms with Crippen LogP contribution in [0.1, 0.15) is 17.0 Å². The van der Waals surface area contributed by atoms with Gasteiger partial charge in [0, 0.05) is 25.1 Å². The Hall–Kier alpha value is -3.65. The lowest BCUT2D eigenvalue weighted by Gasteiger charge is -2.09. The van der Waals surface area contributed by atoms with E-state index in [4.69, 9.17) is 11.1 Å². The first-order chi connectivity index (χ1) is 13.6. The monoisotopic (exact) mass is 373 g/mol. The molecule has 3 heterocycles. The number of nitrogens with zero attached hydrogens (tertiary/aromatic N) is 2. The third kappa shape index (κ3) is 2.62. The molecule has 28 heavy (non-hydrogen) atoms. The molecule has 2 aromatic carbocycles. The number of imidazole rings is 2. The lowest BCUT2D eigenvalue weighted by Crippen LogP contribution is -2.23. The third-order valence-electron chi connectivity index (χ3n) is 5.04. The predicted molar refractivity (Wildman–Crippen MR) is 107 cm³/mol. The maximum Gasteiger partial charge on any atom is 0.142 e. The first kappa shape index (κ1) is 16.5.